The van der Waals surface area contributed by atoms with Crippen molar-refractivity contribution >= 4 is 56.0 Å². The van der Waals surface area contributed by atoms with Crippen molar-refractivity contribution in [1.82, 2.24) is 9.38 Å². The molecule has 2 aromatic heterocycles. The van der Waals surface area contributed by atoms with Crippen LogP contribution in [0.4, 0.5) is 0 Å². The molecule has 0 unspecified atom stereocenters. The lowest BCUT2D eigenvalue weighted by atomic mass is 10.2. The maximum absolute atomic E-state index is 12.9. The Kier molecular flexibility index (Phi) is 5.36. The molecule has 142 valence electrons. The van der Waals surface area contributed by atoms with E-state index in [2.05, 4.69) is 34.2 Å². The Balaban J connectivity index is 1.85. The van der Waals surface area contributed by atoms with Crippen LogP contribution in [0.25, 0.3) is 22.1 Å². The van der Waals surface area contributed by atoms with Gasteiger partial charge in [0.25, 0.3) is 5.56 Å². The third-order valence-electron chi connectivity index (χ3n) is 4.12. The molecule has 2 heterocycles. The average molecular weight is 504 g/mol. The number of halogens is 1. The standard InChI is InChI=1S/C21H17IN2O3S/c1-3-9-27-19-14(22)10-13(11-17(19)26-4-2)12-18-20(25)24-16-8-6-5-7-15(16)23-21(24)28-18/h3,5-8,10-12H,1,4,9H2,2H3. The van der Waals surface area contributed by atoms with Gasteiger partial charge in [-0.1, -0.05) is 36.1 Å². The first-order chi connectivity index (χ1) is 13.6. The molecule has 0 saturated heterocycles. The van der Waals surface area contributed by atoms with Crippen LogP contribution in [0.15, 0.2) is 53.8 Å². The van der Waals surface area contributed by atoms with Crippen LogP contribution in [0.2, 0.25) is 0 Å². The molecule has 0 bridgehead atoms. The highest BCUT2D eigenvalue weighted by atomic mass is 127. The molecule has 7 heteroatoms. The summed E-state index contributed by atoms with van der Waals surface area (Å²) in [6, 6.07) is 11.5. The van der Waals surface area contributed by atoms with E-state index in [-0.39, 0.29) is 5.56 Å². The number of benzene rings is 2. The maximum atomic E-state index is 12.9. The van der Waals surface area contributed by atoms with Crippen LogP contribution in [0.3, 0.4) is 0 Å². The van der Waals surface area contributed by atoms with Gasteiger partial charge in [-0.3, -0.25) is 4.79 Å². The quantitative estimate of drug-likeness (QED) is 0.294. The first-order valence-corrected chi connectivity index (χ1v) is 10.6. The highest BCUT2D eigenvalue weighted by molar-refractivity contribution is 14.1. The van der Waals surface area contributed by atoms with Crippen LogP contribution in [0.1, 0.15) is 12.5 Å². The molecule has 0 fully saturated rings. The summed E-state index contributed by atoms with van der Waals surface area (Å²) >= 11 is 3.60. The first-order valence-electron chi connectivity index (χ1n) is 8.74. The predicted octanol–water partition coefficient (Wildman–Crippen LogP) is 4.03. The van der Waals surface area contributed by atoms with E-state index >= 15 is 0 Å². The molecule has 4 aromatic rings. The van der Waals surface area contributed by atoms with Crippen molar-refractivity contribution in [1.29, 1.82) is 0 Å². The lowest BCUT2D eigenvalue weighted by Gasteiger charge is -2.13. The molecule has 0 N–H and O–H groups in total. The second kappa shape index (κ2) is 7.92. The minimum absolute atomic E-state index is 0.0614. The maximum Gasteiger partial charge on any atom is 0.274 e. The van der Waals surface area contributed by atoms with Gasteiger partial charge in [0.15, 0.2) is 16.5 Å². The van der Waals surface area contributed by atoms with Gasteiger partial charge in [-0.05, 0) is 65.4 Å². The molecule has 0 saturated carbocycles. The fourth-order valence-corrected chi connectivity index (χ4v) is 4.75. The minimum Gasteiger partial charge on any atom is -0.490 e. The first kappa shape index (κ1) is 18.9. The fraction of sp³-hybridized carbons (Fsp3) is 0.143. The Morgan fingerprint density at radius 3 is 2.89 bits per heavy atom. The van der Waals surface area contributed by atoms with Crippen molar-refractivity contribution < 1.29 is 9.47 Å². The molecule has 0 aliphatic rings. The van der Waals surface area contributed by atoms with Gasteiger partial charge in [0.1, 0.15) is 6.61 Å². The third-order valence-corrected chi connectivity index (χ3v) is 5.89. The number of imidazole rings is 1. The number of rotatable bonds is 6. The van der Waals surface area contributed by atoms with Crippen LogP contribution in [0, 0.1) is 3.57 Å². The van der Waals surface area contributed by atoms with E-state index in [9.17, 15) is 4.79 Å². The molecular weight excluding hydrogens is 487 g/mol. The zero-order valence-corrected chi connectivity index (χ0v) is 18.1. The van der Waals surface area contributed by atoms with Gasteiger partial charge in [-0.25, -0.2) is 9.38 Å². The zero-order valence-electron chi connectivity index (χ0n) is 15.1. The number of para-hydroxylation sites is 2. The van der Waals surface area contributed by atoms with Gasteiger partial charge in [-0.2, -0.15) is 0 Å². The highest BCUT2D eigenvalue weighted by Crippen LogP contribution is 2.34. The fourth-order valence-electron chi connectivity index (χ4n) is 2.98. The summed E-state index contributed by atoms with van der Waals surface area (Å²) in [5, 5.41) is 0. The van der Waals surface area contributed by atoms with E-state index in [0.717, 1.165) is 20.2 Å². The number of hydrogen-bond donors (Lipinski definition) is 0. The molecule has 0 radical (unpaired) electrons. The van der Waals surface area contributed by atoms with E-state index in [1.54, 1.807) is 10.5 Å². The van der Waals surface area contributed by atoms with Crippen molar-refractivity contribution in [3.8, 4) is 11.5 Å². The highest BCUT2D eigenvalue weighted by Gasteiger charge is 2.13. The van der Waals surface area contributed by atoms with Crippen LogP contribution in [-0.2, 0) is 0 Å². The van der Waals surface area contributed by atoms with Gasteiger partial charge in [0, 0.05) is 0 Å². The SMILES string of the molecule is C=CCOc1c(I)cc(C=c2sc3nc4ccccc4n3c2=O)cc1OCC. The molecule has 2 aromatic carbocycles. The number of aromatic nitrogens is 2. The van der Waals surface area contributed by atoms with E-state index < -0.39 is 0 Å². The molecule has 0 spiro atoms. The number of hydrogen-bond acceptors (Lipinski definition) is 5. The van der Waals surface area contributed by atoms with Gasteiger partial charge < -0.3 is 9.47 Å². The van der Waals surface area contributed by atoms with Crippen molar-refractivity contribution in [3.63, 3.8) is 0 Å². The monoisotopic (exact) mass is 504 g/mol. The Morgan fingerprint density at radius 2 is 2.11 bits per heavy atom. The lowest BCUT2D eigenvalue weighted by molar-refractivity contribution is 0.295. The van der Waals surface area contributed by atoms with Crippen LogP contribution in [0.5, 0.6) is 11.5 Å². The molecular formula is C21H17IN2O3S. The predicted molar refractivity (Wildman–Crippen MR) is 122 cm³/mol. The Morgan fingerprint density at radius 1 is 1.29 bits per heavy atom. The summed E-state index contributed by atoms with van der Waals surface area (Å²) in [6.45, 7) is 6.54. The van der Waals surface area contributed by atoms with E-state index in [1.807, 2.05) is 49.4 Å². The van der Waals surface area contributed by atoms with Crippen LogP contribution in [-0.4, -0.2) is 22.6 Å². The molecule has 0 atom stereocenters. The van der Waals surface area contributed by atoms with Gasteiger partial charge in [-0.15, -0.1) is 0 Å². The molecule has 4 rings (SSSR count). The summed E-state index contributed by atoms with van der Waals surface area (Å²) < 4.78 is 14.7. The summed E-state index contributed by atoms with van der Waals surface area (Å²) in [6.07, 6.45) is 3.57. The molecule has 5 nitrogen and oxygen atoms in total. The number of ether oxygens (including phenoxy) is 2. The number of fused-ring (bicyclic) bond motifs is 3. The smallest absolute Gasteiger partial charge is 0.274 e. The average Bonchev–Trinajstić information content (AvgIpc) is 3.18. The molecule has 0 aliphatic carbocycles. The van der Waals surface area contributed by atoms with Crippen molar-refractivity contribution in [2.24, 2.45) is 0 Å². The summed E-state index contributed by atoms with van der Waals surface area (Å²) in [5.74, 6) is 1.34. The summed E-state index contributed by atoms with van der Waals surface area (Å²) in [5.41, 5.74) is 2.48. The normalized spacial score (nSPS) is 12.0. The zero-order chi connectivity index (χ0) is 19.7. The van der Waals surface area contributed by atoms with Gasteiger partial charge in [0.05, 0.1) is 25.7 Å². The topological polar surface area (TPSA) is 52.8 Å². The van der Waals surface area contributed by atoms with Crippen molar-refractivity contribution in [2.45, 2.75) is 6.92 Å². The Labute approximate surface area is 179 Å². The lowest BCUT2D eigenvalue weighted by Crippen LogP contribution is -2.22. The van der Waals surface area contributed by atoms with Crippen LogP contribution >= 0.6 is 33.9 Å². The largest absolute Gasteiger partial charge is 0.490 e. The number of nitrogens with zero attached hydrogens (tertiary/aromatic N) is 2. The molecule has 0 amide bonds. The summed E-state index contributed by atoms with van der Waals surface area (Å²) in [7, 11) is 0. The molecule has 0 aliphatic heterocycles. The third kappa shape index (κ3) is 3.40. The number of thiazole rings is 1. The van der Waals surface area contributed by atoms with Crippen LogP contribution < -0.4 is 19.6 Å². The Hall–Kier alpha value is -2.39. The Bertz CT molecular complexity index is 1290. The summed E-state index contributed by atoms with van der Waals surface area (Å²) in [4.78, 5) is 18.2. The second-order valence-electron chi connectivity index (χ2n) is 6.00. The van der Waals surface area contributed by atoms with Gasteiger partial charge >= 0.3 is 0 Å². The van der Waals surface area contributed by atoms with Gasteiger partial charge in [0.2, 0.25) is 0 Å². The van der Waals surface area contributed by atoms with Crippen molar-refractivity contribution in [3.05, 3.63) is 73.1 Å². The van der Waals surface area contributed by atoms with E-state index in [1.165, 1.54) is 11.3 Å². The minimum atomic E-state index is -0.0614. The molecule has 28 heavy (non-hydrogen) atoms. The van der Waals surface area contributed by atoms with E-state index in [4.69, 9.17) is 9.47 Å². The van der Waals surface area contributed by atoms with Crippen molar-refractivity contribution in [2.75, 3.05) is 13.2 Å². The van der Waals surface area contributed by atoms with E-state index in [0.29, 0.717) is 34.2 Å². The second-order valence-corrected chi connectivity index (χ2v) is 8.17.